The summed E-state index contributed by atoms with van der Waals surface area (Å²) in [7, 11) is 0. The summed E-state index contributed by atoms with van der Waals surface area (Å²) in [6, 6.07) is 1.38. The number of aliphatic hydroxyl groups excluding tert-OH is 1. The zero-order valence-corrected chi connectivity index (χ0v) is 10.9. The third-order valence-electron chi connectivity index (χ3n) is 2.31. The number of rotatable bonds is 5. The molecule has 1 aromatic rings. The first-order chi connectivity index (χ1) is 8.51. The Kier molecular flexibility index (Phi) is 5.37. The Bertz CT molecular complexity index is 448. The zero-order chi connectivity index (χ0) is 13.7. The van der Waals surface area contributed by atoms with E-state index in [9.17, 15) is 9.18 Å². The third kappa shape index (κ3) is 3.34. The van der Waals surface area contributed by atoms with E-state index in [-0.39, 0.29) is 30.6 Å². The number of aryl methyl sites for hydroxylation is 1. The van der Waals surface area contributed by atoms with E-state index in [0.29, 0.717) is 11.1 Å². The smallest absolute Gasteiger partial charge is 0.344 e. The maximum atomic E-state index is 13.7. The number of hydrogen-bond donors (Lipinski definition) is 1. The molecule has 0 atom stereocenters. The van der Waals surface area contributed by atoms with Gasteiger partial charge in [0.2, 0.25) is 0 Å². The molecule has 1 aromatic carbocycles. The highest BCUT2D eigenvalue weighted by Gasteiger charge is 2.16. The van der Waals surface area contributed by atoms with Gasteiger partial charge in [0, 0.05) is 5.56 Å². The number of esters is 1. The van der Waals surface area contributed by atoms with Gasteiger partial charge in [0.1, 0.15) is 0 Å². The lowest BCUT2D eigenvalue weighted by Crippen LogP contribution is -2.15. The molecule has 100 valence electrons. The minimum Gasteiger partial charge on any atom is -0.479 e. The summed E-state index contributed by atoms with van der Waals surface area (Å²) in [5, 5.41) is 8.84. The summed E-state index contributed by atoms with van der Waals surface area (Å²) in [5.74, 6) is -1.52. The molecule has 0 unspecified atom stereocenters. The Morgan fingerprint density at radius 3 is 2.78 bits per heavy atom. The average Bonchev–Trinajstić information content (AvgIpc) is 2.33. The van der Waals surface area contributed by atoms with Crippen LogP contribution in [0.1, 0.15) is 18.1 Å². The Labute approximate surface area is 109 Å². The molecule has 1 N–H and O–H groups in total. The standard InChI is InChI=1S/C12H14ClFO4/c1-3-17-10(16)6-18-9-4-7(2)8(5-15)11(13)12(9)14/h4,15H,3,5-6H2,1-2H3. The Hall–Kier alpha value is -1.33. The van der Waals surface area contributed by atoms with Gasteiger partial charge in [-0.2, -0.15) is 0 Å². The number of ether oxygens (including phenoxy) is 2. The molecule has 0 aliphatic rings. The predicted octanol–water partition coefficient (Wildman–Crippen LogP) is 2.22. The molecule has 18 heavy (non-hydrogen) atoms. The van der Waals surface area contributed by atoms with E-state index >= 15 is 0 Å². The lowest BCUT2D eigenvalue weighted by Gasteiger charge is -2.12. The van der Waals surface area contributed by atoms with Crippen LogP contribution in [0.2, 0.25) is 5.02 Å². The van der Waals surface area contributed by atoms with E-state index in [4.69, 9.17) is 21.4 Å². The van der Waals surface area contributed by atoms with Crippen molar-refractivity contribution in [3.05, 3.63) is 28.0 Å². The number of hydrogen-bond acceptors (Lipinski definition) is 4. The second-order valence-electron chi connectivity index (χ2n) is 3.55. The van der Waals surface area contributed by atoms with E-state index in [1.165, 1.54) is 6.07 Å². The van der Waals surface area contributed by atoms with Gasteiger partial charge in [0.25, 0.3) is 0 Å². The van der Waals surface area contributed by atoms with Crippen LogP contribution in [0.4, 0.5) is 4.39 Å². The molecule has 6 heteroatoms. The van der Waals surface area contributed by atoms with Crippen molar-refractivity contribution in [2.45, 2.75) is 20.5 Å². The fourth-order valence-electron chi connectivity index (χ4n) is 1.40. The van der Waals surface area contributed by atoms with E-state index in [0.717, 1.165) is 0 Å². The van der Waals surface area contributed by atoms with Gasteiger partial charge < -0.3 is 14.6 Å². The van der Waals surface area contributed by atoms with Crippen molar-refractivity contribution in [2.75, 3.05) is 13.2 Å². The normalized spacial score (nSPS) is 10.3. The molecule has 4 nitrogen and oxygen atoms in total. The summed E-state index contributed by atoms with van der Waals surface area (Å²) in [5.41, 5.74) is 0.889. The van der Waals surface area contributed by atoms with Gasteiger partial charge in [0.05, 0.1) is 18.2 Å². The van der Waals surface area contributed by atoms with Crippen LogP contribution in [0, 0.1) is 12.7 Å². The maximum absolute atomic E-state index is 13.7. The predicted molar refractivity (Wildman–Crippen MR) is 64.2 cm³/mol. The van der Waals surface area contributed by atoms with Crippen molar-refractivity contribution in [1.82, 2.24) is 0 Å². The van der Waals surface area contributed by atoms with Crippen LogP contribution in [0.5, 0.6) is 5.75 Å². The van der Waals surface area contributed by atoms with E-state index < -0.39 is 11.8 Å². The minimum absolute atomic E-state index is 0.136. The Balaban J connectivity index is 2.88. The fraction of sp³-hybridized carbons (Fsp3) is 0.417. The third-order valence-corrected chi connectivity index (χ3v) is 2.70. The van der Waals surface area contributed by atoms with Gasteiger partial charge >= 0.3 is 5.97 Å². The molecule has 0 aliphatic heterocycles. The molecule has 0 radical (unpaired) electrons. The van der Waals surface area contributed by atoms with Crippen LogP contribution in [0.3, 0.4) is 0 Å². The van der Waals surface area contributed by atoms with Gasteiger partial charge in [-0.3, -0.25) is 0 Å². The molecule has 0 saturated heterocycles. The molecule has 0 bridgehead atoms. The van der Waals surface area contributed by atoms with Crippen LogP contribution in [-0.2, 0) is 16.1 Å². The van der Waals surface area contributed by atoms with Gasteiger partial charge in [0.15, 0.2) is 18.2 Å². The molecule has 0 aliphatic carbocycles. The first-order valence-electron chi connectivity index (χ1n) is 5.38. The van der Waals surface area contributed by atoms with Crippen molar-refractivity contribution in [2.24, 2.45) is 0 Å². The lowest BCUT2D eigenvalue weighted by atomic mass is 10.1. The number of aliphatic hydroxyl groups is 1. The first kappa shape index (κ1) is 14.7. The van der Waals surface area contributed by atoms with Crippen LogP contribution >= 0.6 is 11.6 Å². The summed E-state index contributed by atoms with van der Waals surface area (Å²) in [6.45, 7) is 2.80. The second kappa shape index (κ2) is 6.56. The van der Waals surface area contributed by atoms with Gasteiger partial charge in [-0.05, 0) is 25.5 Å². The highest BCUT2D eigenvalue weighted by atomic mass is 35.5. The van der Waals surface area contributed by atoms with Gasteiger partial charge in [-0.1, -0.05) is 11.6 Å². The number of benzene rings is 1. The van der Waals surface area contributed by atoms with Gasteiger partial charge in [-0.25, -0.2) is 9.18 Å². The Morgan fingerprint density at radius 1 is 1.56 bits per heavy atom. The van der Waals surface area contributed by atoms with Crippen molar-refractivity contribution in [1.29, 1.82) is 0 Å². The average molecular weight is 277 g/mol. The summed E-state index contributed by atoms with van der Waals surface area (Å²) >= 11 is 5.75. The molecule has 0 amide bonds. The monoisotopic (exact) mass is 276 g/mol. The number of carbonyl (C=O) groups is 1. The van der Waals surface area contributed by atoms with Gasteiger partial charge in [-0.15, -0.1) is 0 Å². The summed E-state index contributed by atoms with van der Waals surface area (Å²) in [4.78, 5) is 11.1. The van der Waals surface area contributed by atoms with Crippen LogP contribution in [-0.4, -0.2) is 24.3 Å². The highest BCUT2D eigenvalue weighted by molar-refractivity contribution is 6.31. The molecule has 0 aromatic heterocycles. The Morgan fingerprint density at radius 2 is 2.22 bits per heavy atom. The minimum atomic E-state index is -0.796. The molecule has 1 rings (SSSR count). The topological polar surface area (TPSA) is 55.8 Å². The summed E-state index contributed by atoms with van der Waals surface area (Å²) in [6.07, 6.45) is 0. The SMILES string of the molecule is CCOC(=O)COc1cc(C)c(CO)c(Cl)c1F. The number of halogens is 2. The lowest BCUT2D eigenvalue weighted by molar-refractivity contribution is -0.145. The molecule has 0 fully saturated rings. The van der Waals surface area contributed by atoms with Crippen LogP contribution < -0.4 is 4.74 Å². The largest absolute Gasteiger partial charge is 0.479 e. The van der Waals surface area contributed by atoms with E-state index in [1.807, 2.05) is 0 Å². The first-order valence-corrected chi connectivity index (χ1v) is 5.75. The molecule has 0 spiro atoms. The quantitative estimate of drug-likeness (QED) is 0.838. The fourth-order valence-corrected chi connectivity index (χ4v) is 1.70. The number of carbonyl (C=O) groups excluding carboxylic acids is 1. The molecular formula is C12H14ClFO4. The molecular weight excluding hydrogens is 263 g/mol. The van der Waals surface area contributed by atoms with Crippen molar-refractivity contribution < 1.29 is 23.8 Å². The van der Waals surface area contributed by atoms with Crippen LogP contribution in [0.25, 0.3) is 0 Å². The van der Waals surface area contributed by atoms with E-state index in [2.05, 4.69) is 4.74 Å². The summed E-state index contributed by atoms with van der Waals surface area (Å²) < 4.78 is 23.4. The zero-order valence-electron chi connectivity index (χ0n) is 10.1. The highest BCUT2D eigenvalue weighted by Crippen LogP contribution is 2.31. The van der Waals surface area contributed by atoms with Crippen molar-refractivity contribution in [3.8, 4) is 5.75 Å². The van der Waals surface area contributed by atoms with Crippen LogP contribution in [0.15, 0.2) is 6.07 Å². The maximum Gasteiger partial charge on any atom is 0.344 e. The van der Waals surface area contributed by atoms with Crippen molar-refractivity contribution >= 4 is 17.6 Å². The molecule has 0 saturated carbocycles. The van der Waals surface area contributed by atoms with Crippen molar-refractivity contribution in [3.63, 3.8) is 0 Å². The van der Waals surface area contributed by atoms with E-state index in [1.54, 1.807) is 13.8 Å². The molecule has 0 heterocycles. The second-order valence-corrected chi connectivity index (χ2v) is 3.93.